The molecule has 1 amide bonds. The van der Waals surface area contributed by atoms with Gasteiger partial charge in [0.05, 0.1) is 13.2 Å². The van der Waals surface area contributed by atoms with E-state index in [1.54, 1.807) is 53.5 Å². The molecule has 1 saturated heterocycles. The van der Waals surface area contributed by atoms with Crippen LogP contribution in [-0.2, 0) is 0 Å². The first-order chi connectivity index (χ1) is 16.1. The molecular formula is C25H31ClN2O5. The normalized spacial score (nSPS) is 13.5. The highest BCUT2D eigenvalue weighted by Crippen LogP contribution is 2.20. The van der Waals surface area contributed by atoms with Crippen LogP contribution < -0.4 is 14.2 Å². The number of halogens is 1. The van der Waals surface area contributed by atoms with Crippen molar-refractivity contribution in [3.8, 4) is 17.2 Å². The number of benzene rings is 2. The highest BCUT2D eigenvalue weighted by atomic mass is 35.5. The number of hydrazine groups is 1. The molecule has 0 radical (unpaired) electrons. The second kappa shape index (κ2) is 13.1. The van der Waals surface area contributed by atoms with Crippen molar-refractivity contribution in [1.82, 2.24) is 10.0 Å². The Kier molecular flexibility index (Phi) is 9.84. The largest absolute Gasteiger partial charge is 0.494 e. The number of rotatable bonds is 12. The smallest absolute Gasteiger partial charge is 0.429 e. The van der Waals surface area contributed by atoms with Crippen LogP contribution >= 0.6 is 11.6 Å². The zero-order valence-corrected chi connectivity index (χ0v) is 19.8. The molecule has 0 N–H and O–H groups in total. The van der Waals surface area contributed by atoms with E-state index in [4.69, 9.17) is 25.8 Å². The predicted octanol–water partition coefficient (Wildman–Crippen LogP) is 5.18. The van der Waals surface area contributed by atoms with Crippen LogP contribution in [0.1, 0.15) is 43.0 Å². The average Bonchev–Trinajstić information content (AvgIpc) is 3.35. The molecule has 0 unspecified atom stereocenters. The number of hydrogen-bond donors (Lipinski definition) is 0. The van der Waals surface area contributed by atoms with Gasteiger partial charge < -0.3 is 14.2 Å². The Morgan fingerprint density at radius 1 is 0.879 bits per heavy atom. The van der Waals surface area contributed by atoms with Crippen LogP contribution in [0.2, 0.25) is 0 Å². The van der Waals surface area contributed by atoms with E-state index >= 15 is 0 Å². The topological polar surface area (TPSA) is 68.3 Å². The fourth-order valence-electron chi connectivity index (χ4n) is 3.48. The van der Waals surface area contributed by atoms with E-state index in [2.05, 4.69) is 0 Å². The first-order valence-electron chi connectivity index (χ1n) is 11.3. The van der Waals surface area contributed by atoms with E-state index in [9.17, 15) is 9.59 Å². The number of carbonyl (C=O) groups excluding carboxylic acids is 2. The summed E-state index contributed by atoms with van der Waals surface area (Å²) in [4.78, 5) is 24.3. The molecule has 0 aliphatic carbocycles. The van der Waals surface area contributed by atoms with E-state index in [1.165, 1.54) is 6.92 Å². The van der Waals surface area contributed by atoms with E-state index in [-0.39, 0.29) is 5.78 Å². The summed E-state index contributed by atoms with van der Waals surface area (Å²) >= 11 is 5.66. The summed E-state index contributed by atoms with van der Waals surface area (Å²) in [6, 6.07) is 14.1. The third kappa shape index (κ3) is 7.94. The summed E-state index contributed by atoms with van der Waals surface area (Å²) in [7, 11) is 0. The molecule has 178 valence electrons. The highest BCUT2D eigenvalue weighted by molar-refractivity contribution is 6.17. The van der Waals surface area contributed by atoms with Crippen molar-refractivity contribution >= 4 is 23.5 Å². The Labute approximate surface area is 200 Å². The van der Waals surface area contributed by atoms with Gasteiger partial charge in [-0.3, -0.25) is 4.79 Å². The number of ketones is 1. The van der Waals surface area contributed by atoms with Crippen LogP contribution in [0.5, 0.6) is 17.2 Å². The lowest BCUT2D eigenvalue weighted by atomic mass is 10.1. The molecule has 7 nitrogen and oxygen atoms in total. The summed E-state index contributed by atoms with van der Waals surface area (Å²) in [5.41, 5.74) is 0.653. The number of alkyl halides is 1. The summed E-state index contributed by atoms with van der Waals surface area (Å²) in [6.07, 6.45) is 3.12. The lowest BCUT2D eigenvalue weighted by Gasteiger charge is -2.30. The Bertz CT molecular complexity index is 883. The summed E-state index contributed by atoms with van der Waals surface area (Å²) in [6.45, 7) is 4.68. The van der Waals surface area contributed by atoms with Gasteiger partial charge in [-0.2, -0.15) is 0 Å². The third-order valence-electron chi connectivity index (χ3n) is 5.25. The number of amides is 1. The van der Waals surface area contributed by atoms with Gasteiger partial charge in [0, 0.05) is 37.5 Å². The van der Waals surface area contributed by atoms with Crippen LogP contribution in [0.4, 0.5) is 4.79 Å². The van der Waals surface area contributed by atoms with Gasteiger partial charge in [-0.25, -0.2) is 14.8 Å². The van der Waals surface area contributed by atoms with Crippen molar-refractivity contribution in [2.75, 3.05) is 38.7 Å². The second-order valence-electron chi connectivity index (χ2n) is 7.80. The Morgan fingerprint density at radius 2 is 1.42 bits per heavy atom. The van der Waals surface area contributed by atoms with Crippen LogP contribution in [0.15, 0.2) is 48.5 Å². The number of Topliss-reactive ketones (excluding diaryl/α,β-unsaturated/α-hetero) is 1. The third-order valence-corrected chi connectivity index (χ3v) is 5.52. The maximum Gasteiger partial charge on any atom is 0.429 e. The molecule has 3 rings (SSSR count). The standard InChI is InChI=1S/C25H31ClN2O5/c1-20(29)21-6-8-22(9-7-21)32-19-5-17-28(27-15-2-3-16-27)25(30)33-24-12-10-23(11-13-24)31-18-4-14-26/h6-13H,2-5,14-19H2,1H3. The van der Waals surface area contributed by atoms with Gasteiger partial charge in [0.1, 0.15) is 17.2 Å². The summed E-state index contributed by atoms with van der Waals surface area (Å²) in [5, 5.41) is 3.70. The monoisotopic (exact) mass is 474 g/mol. The fraction of sp³-hybridized carbons (Fsp3) is 0.440. The van der Waals surface area contributed by atoms with E-state index in [0.29, 0.717) is 54.9 Å². The van der Waals surface area contributed by atoms with Crippen molar-refractivity contribution in [2.45, 2.75) is 32.6 Å². The van der Waals surface area contributed by atoms with Gasteiger partial charge in [0.2, 0.25) is 0 Å². The minimum absolute atomic E-state index is 0.0230. The molecule has 8 heteroatoms. The number of ether oxygens (including phenoxy) is 3. The van der Waals surface area contributed by atoms with Gasteiger partial charge in [0.15, 0.2) is 5.78 Å². The van der Waals surface area contributed by atoms with E-state index < -0.39 is 6.09 Å². The van der Waals surface area contributed by atoms with Gasteiger partial charge in [-0.05, 0) is 74.7 Å². The van der Waals surface area contributed by atoms with Gasteiger partial charge in [0.25, 0.3) is 0 Å². The molecule has 33 heavy (non-hydrogen) atoms. The molecule has 1 heterocycles. The van der Waals surface area contributed by atoms with Crippen LogP contribution in [0, 0.1) is 0 Å². The quantitative estimate of drug-likeness (QED) is 0.240. The summed E-state index contributed by atoms with van der Waals surface area (Å²) in [5.74, 6) is 2.46. The molecule has 1 aliphatic rings. The lowest BCUT2D eigenvalue weighted by molar-refractivity contribution is 0.0104. The van der Waals surface area contributed by atoms with Crippen molar-refractivity contribution in [1.29, 1.82) is 0 Å². The average molecular weight is 475 g/mol. The lowest BCUT2D eigenvalue weighted by Crippen LogP contribution is -2.47. The SMILES string of the molecule is CC(=O)c1ccc(OCCCN(C(=O)Oc2ccc(OCCCCl)cc2)N2CCCC2)cc1. The van der Waals surface area contributed by atoms with Crippen LogP contribution in [0.25, 0.3) is 0 Å². The molecule has 0 bridgehead atoms. The zero-order chi connectivity index (χ0) is 23.5. The van der Waals surface area contributed by atoms with Gasteiger partial charge in [-0.15, -0.1) is 11.6 Å². The zero-order valence-electron chi connectivity index (χ0n) is 19.0. The first kappa shape index (κ1) is 24.9. The number of nitrogens with zero attached hydrogens (tertiary/aromatic N) is 2. The van der Waals surface area contributed by atoms with Crippen LogP contribution in [0.3, 0.4) is 0 Å². The highest BCUT2D eigenvalue weighted by Gasteiger charge is 2.25. The summed E-state index contributed by atoms with van der Waals surface area (Å²) < 4.78 is 17.0. The Morgan fingerprint density at radius 3 is 2.00 bits per heavy atom. The maximum atomic E-state index is 12.9. The molecule has 0 spiro atoms. The number of hydrogen-bond acceptors (Lipinski definition) is 6. The molecule has 0 aromatic heterocycles. The minimum Gasteiger partial charge on any atom is -0.494 e. The molecule has 2 aromatic rings. The van der Waals surface area contributed by atoms with Gasteiger partial charge >= 0.3 is 6.09 Å². The molecule has 2 aromatic carbocycles. The molecule has 0 atom stereocenters. The van der Waals surface area contributed by atoms with Gasteiger partial charge in [-0.1, -0.05) is 0 Å². The first-order valence-corrected chi connectivity index (χ1v) is 11.9. The van der Waals surface area contributed by atoms with E-state index in [1.807, 2.05) is 5.01 Å². The Hall–Kier alpha value is -2.77. The predicted molar refractivity (Wildman–Crippen MR) is 127 cm³/mol. The maximum absolute atomic E-state index is 12.9. The number of carbonyl (C=O) groups is 2. The van der Waals surface area contributed by atoms with Crippen molar-refractivity contribution < 1.29 is 23.8 Å². The molecular weight excluding hydrogens is 444 g/mol. The molecule has 0 saturated carbocycles. The molecule has 1 aliphatic heterocycles. The second-order valence-corrected chi connectivity index (χ2v) is 8.17. The van der Waals surface area contributed by atoms with Crippen molar-refractivity contribution in [3.63, 3.8) is 0 Å². The Balaban J connectivity index is 1.50. The minimum atomic E-state index is -0.404. The fourth-order valence-corrected chi connectivity index (χ4v) is 3.59. The van der Waals surface area contributed by atoms with Crippen molar-refractivity contribution in [3.05, 3.63) is 54.1 Å². The van der Waals surface area contributed by atoms with Crippen molar-refractivity contribution in [2.24, 2.45) is 0 Å². The van der Waals surface area contributed by atoms with Crippen LogP contribution in [-0.4, -0.2) is 60.6 Å². The van der Waals surface area contributed by atoms with E-state index in [0.717, 1.165) is 32.4 Å². The molecule has 1 fully saturated rings.